The molecule has 0 spiro atoms. The summed E-state index contributed by atoms with van der Waals surface area (Å²) in [6.45, 7) is 4.78. The molecule has 162 valence electrons. The quantitative estimate of drug-likeness (QED) is 0.351. The number of hydrogen-bond donors (Lipinski definition) is 1. The number of thioether (sulfide) groups is 1. The zero-order valence-corrected chi connectivity index (χ0v) is 19.2. The van der Waals surface area contributed by atoms with Crippen LogP contribution in [0.25, 0.3) is 16.9 Å². The minimum atomic E-state index is -0.0966. The van der Waals surface area contributed by atoms with Gasteiger partial charge >= 0.3 is 0 Å². The summed E-state index contributed by atoms with van der Waals surface area (Å²) in [7, 11) is 0. The van der Waals surface area contributed by atoms with E-state index in [0.29, 0.717) is 17.8 Å². The van der Waals surface area contributed by atoms with Gasteiger partial charge < -0.3 is 5.32 Å². The molecule has 4 nitrogen and oxygen atoms in total. The lowest BCUT2D eigenvalue weighted by Crippen LogP contribution is -2.26. The Morgan fingerprint density at radius 3 is 2.38 bits per heavy atom. The van der Waals surface area contributed by atoms with Crippen molar-refractivity contribution in [2.24, 2.45) is 0 Å². The highest BCUT2D eigenvalue weighted by Crippen LogP contribution is 2.26. The summed E-state index contributed by atoms with van der Waals surface area (Å²) in [6.07, 6.45) is 1.83. The van der Waals surface area contributed by atoms with Crippen molar-refractivity contribution in [1.82, 2.24) is 15.1 Å². The molecule has 0 atom stereocenters. The predicted octanol–water partition coefficient (Wildman–Crippen LogP) is 5.82. The number of amides is 1. The topological polar surface area (TPSA) is 46.9 Å². The molecule has 0 fully saturated rings. The molecule has 32 heavy (non-hydrogen) atoms. The van der Waals surface area contributed by atoms with E-state index < -0.39 is 0 Å². The van der Waals surface area contributed by atoms with Crippen molar-refractivity contribution in [1.29, 1.82) is 0 Å². The molecule has 1 heterocycles. The van der Waals surface area contributed by atoms with E-state index in [1.807, 2.05) is 60.4 Å². The second-order valence-corrected chi connectivity index (χ2v) is 8.87. The Morgan fingerprint density at radius 2 is 1.66 bits per heavy atom. The fourth-order valence-electron chi connectivity index (χ4n) is 3.45. The number of aromatic nitrogens is 2. The Bertz CT molecular complexity index is 1190. The Kier molecular flexibility index (Phi) is 7.07. The first-order chi connectivity index (χ1) is 15.6. The van der Waals surface area contributed by atoms with Crippen LogP contribution >= 0.6 is 11.8 Å². The van der Waals surface area contributed by atoms with Gasteiger partial charge in [-0.05, 0) is 48.7 Å². The molecule has 0 unspecified atom stereocenters. The average Bonchev–Trinajstić information content (AvgIpc) is 3.27. The van der Waals surface area contributed by atoms with Crippen LogP contribution in [-0.4, -0.2) is 28.0 Å². The van der Waals surface area contributed by atoms with Crippen molar-refractivity contribution >= 4 is 17.7 Å². The van der Waals surface area contributed by atoms with E-state index in [9.17, 15) is 4.79 Å². The molecule has 1 N–H and O–H groups in total. The molecule has 0 aliphatic carbocycles. The Balaban J connectivity index is 1.50. The molecule has 0 radical (unpaired) electrons. The number of nitrogens with one attached hydrogen (secondary N) is 1. The molecule has 0 saturated heterocycles. The fraction of sp³-hybridized carbons (Fsp3) is 0.185. The third-order valence-electron chi connectivity index (χ3n) is 5.40. The second kappa shape index (κ2) is 10.3. The predicted molar refractivity (Wildman–Crippen MR) is 133 cm³/mol. The Morgan fingerprint density at radius 1 is 0.938 bits per heavy atom. The van der Waals surface area contributed by atoms with Crippen molar-refractivity contribution in [2.75, 3.05) is 12.3 Å². The molecule has 0 aliphatic rings. The molecular formula is C27H27N3OS. The summed E-state index contributed by atoms with van der Waals surface area (Å²) in [4.78, 5) is 13.1. The molecule has 1 amide bonds. The van der Waals surface area contributed by atoms with E-state index in [0.717, 1.165) is 22.8 Å². The molecule has 1 aromatic heterocycles. The number of carbonyl (C=O) groups is 1. The smallest absolute Gasteiger partial charge is 0.255 e. The minimum Gasteiger partial charge on any atom is -0.351 e. The molecule has 0 saturated carbocycles. The third kappa shape index (κ3) is 5.29. The van der Waals surface area contributed by atoms with Crippen molar-refractivity contribution in [3.05, 3.63) is 107 Å². The van der Waals surface area contributed by atoms with E-state index in [1.54, 1.807) is 4.68 Å². The van der Waals surface area contributed by atoms with Crippen LogP contribution in [0.2, 0.25) is 0 Å². The van der Waals surface area contributed by atoms with Crippen LogP contribution in [0, 0.1) is 13.8 Å². The van der Waals surface area contributed by atoms with Crippen molar-refractivity contribution in [3.8, 4) is 16.9 Å². The van der Waals surface area contributed by atoms with Gasteiger partial charge in [0.1, 0.15) is 5.69 Å². The lowest BCUT2D eigenvalue weighted by Gasteiger charge is -2.07. The third-order valence-corrected chi connectivity index (χ3v) is 6.43. The van der Waals surface area contributed by atoms with Gasteiger partial charge in [0.15, 0.2) is 0 Å². The molecule has 3 aromatic carbocycles. The summed E-state index contributed by atoms with van der Waals surface area (Å²) in [5.41, 5.74) is 6.86. The lowest BCUT2D eigenvalue weighted by molar-refractivity contribution is 0.0957. The van der Waals surface area contributed by atoms with Gasteiger partial charge in [0.05, 0.1) is 11.3 Å². The van der Waals surface area contributed by atoms with E-state index in [2.05, 4.69) is 55.6 Å². The highest BCUT2D eigenvalue weighted by atomic mass is 32.2. The van der Waals surface area contributed by atoms with Crippen LogP contribution in [0.5, 0.6) is 0 Å². The maximum atomic E-state index is 13.1. The van der Waals surface area contributed by atoms with Crippen LogP contribution in [0.1, 0.15) is 27.0 Å². The van der Waals surface area contributed by atoms with Crippen molar-refractivity contribution < 1.29 is 4.79 Å². The first kappa shape index (κ1) is 21.9. The fourth-order valence-corrected chi connectivity index (χ4v) is 4.27. The van der Waals surface area contributed by atoms with Gasteiger partial charge in [0, 0.05) is 29.8 Å². The van der Waals surface area contributed by atoms with E-state index in [1.165, 1.54) is 16.7 Å². The van der Waals surface area contributed by atoms with E-state index in [4.69, 9.17) is 5.10 Å². The van der Waals surface area contributed by atoms with Gasteiger partial charge in [-0.25, -0.2) is 4.68 Å². The minimum absolute atomic E-state index is 0.0966. The first-order valence-electron chi connectivity index (χ1n) is 10.7. The number of benzene rings is 3. The maximum Gasteiger partial charge on any atom is 0.255 e. The van der Waals surface area contributed by atoms with Crippen molar-refractivity contribution in [3.63, 3.8) is 0 Å². The van der Waals surface area contributed by atoms with E-state index in [-0.39, 0.29) is 5.91 Å². The monoisotopic (exact) mass is 441 g/mol. The van der Waals surface area contributed by atoms with Gasteiger partial charge in [0.25, 0.3) is 5.91 Å². The average molecular weight is 442 g/mol. The highest BCUT2D eigenvalue weighted by Gasteiger charge is 2.19. The van der Waals surface area contributed by atoms with Crippen LogP contribution in [-0.2, 0) is 5.75 Å². The summed E-state index contributed by atoms with van der Waals surface area (Å²) < 4.78 is 1.78. The zero-order valence-electron chi connectivity index (χ0n) is 18.4. The number of hydrogen-bond acceptors (Lipinski definition) is 3. The molecule has 4 aromatic rings. The van der Waals surface area contributed by atoms with Crippen LogP contribution in [0.3, 0.4) is 0 Å². The van der Waals surface area contributed by atoms with Gasteiger partial charge in [-0.15, -0.1) is 0 Å². The summed E-state index contributed by atoms with van der Waals surface area (Å²) in [6, 6.07) is 26.5. The summed E-state index contributed by atoms with van der Waals surface area (Å²) in [5, 5.41) is 7.85. The molecule has 0 aliphatic heterocycles. The molecule has 0 bridgehead atoms. The van der Waals surface area contributed by atoms with Crippen LogP contribution < -0.4 is 5.32 Å². The Hall–Kier alpha value is -3.31. The number of carbonyl (C=O) groups excluding carboxylic acids is 1. The van der Waals surface area contributed by atoms with Crippen LogP contribution in [0.4, 0.5) is 0 Å². The van der Waals surface area contributed by atoms with Crippen LogP contribution in [0.15, 0.2) is 85.1 Å². The van der Waals surface area contributed by atoms with E-state index >= 15 is 0 Å². The number of rotatable bonds is 8. The molecule has 5 heteroatoms. The molecular weight excluding hydrogens is 414 g/mol. The SMILES string of the molecule is Cc1ccc(-c2nn(-c3ccccc3)cc2C(=O)NCCSCc2ccccc2)cc1C. The number of para-hydroxylation sites is 1. The van der Waals surface area contributed by atoms with Gasteiger partial charge in [-0.1, -0.05) is 60.7 Å². The highest BCUT2D eigenvalue weighted by molar-refractivity contribution is 7.98. The second-order valence-electron chi connectivity index (χ2n) is 7.76. The zero-order chi connectivity index (χ0) is 22.3. The largest absolute Gasteiger partial charge is 0.351 e. The molecule has 4 rings (SSSR count). The summed E-state index contributed by atoms with van der Waals surface area (Å²) >= 11 is 1.81. The maximum absolute atomic E-state index is 13.1. The standard InChI is InChI=1S/C27H27N3OS/c1-20-13-14-23(17-21(20)2)26-25(18-30(29-26)24-11-7-4-8-12-24)27(31)28-15-16-32-19-22-9-5-3-6-10-22/h3-14,17-18H,15-16,19H2,1-2H3,(H,28,31). The number of nitrogens with zero attached hydrogens (tertiary/aromatic N) is 2. The summed E-state index contributed by atoms with van der Waals surface area (Å²) in [5.74, 6) is 1.70. The van der Waals surface area contributed by atoms with Gasteiger partial charge in [-0.3, -0.25) is 4.79 Å². The van der Waals surface area contributed by atoms with Gasteiger partial charge in [0.2, 0.25) is 0 Å². The normalized spacial score (nSPS) is 10.8. The first-order valence-corrected chi connectivity index (χ1v) is 11.9. The van der Waals surface area contributed by atoms with Gasteiger partial charge in [-0.2, -0.15) is 16.9 Å². The number of aryl methyl sites for hydroxylation is 2. The lowest BCUT2D eigenvalue weighted by atomic mass is 10.0. The van der Waals surface area contributed by atoms with Crippen molar-refractivity contribution in [2.45, 2.75) is 19.6 Å². The Labute approximate surface area is 193 Å².